The lowest BCUT2D eigenvalue weighted by molar-refractivity contribution is -0.276. The van der Waals surface area contributed by atoms with E-state index in [4.69, 9.17) is 5.11 Å². The highest BCUT2D eigenvalue weighted by molar-refractivity contribution is 9.08. The highest BCUT2D eigenvalue weighted by Crippen LogP contribution is 2.42. The van der Waals surface area contributed by atoms with E-state index in [1.807, 2.05) is 0 Å². The minimum absolute atomic E-state index is 0.436. The zero-order valence-electron chi connectivity index (χ0n) is 9.14. The third kappa shape index (κ3) is 3.74. The standard InChI is InChI=1S/C9H4BrF6NO3/c10-1-3-2-17-5(7(18)19)4(8(11,12)13)6(3)20-9(14,15)16/h2H,1H2,(H,18,19). The Bertz CT molecular complexity index is 528. The monoisotopic (exact) mass is 367 g/mol. The van der Waals surface area contributed by atoms with Gasteiger partial charge in [0.05, 0.1) is 0 Å². The molecular formula is C9H4BrF6NO3. The fraction of sp³-hybridized carbons (Fsp3) is 0.333. The van der Waals surface area contributed by atoms with Gasteiger partial charge in [-0.2, -0.15) is 13.2 Å². The number of carbonyl (C=O) groups is 1. The number of nitrogens with zero attached hydrogens (tertiary/aromatic N) is 1. The first kappa shape index (κ1) is 16.5. The molecule has 0 saturated heterocycles. The van der Waals surface area contributed by atoms with E-state index in [1.54, 1.807) is 0 Å². The van der Waals surface area contributed by atoms with Crippen molar-refractivity contribution < 1.29 is 41.0 Å². The van der Waals surface area contributed by atoms with Crippen LogP contribution in [0.25, 0.3) is 0 Å². The molecule has 20 heavy (non-hydrogen) atoms. The molecule has 1 heterocycles. The number of aromatic carboxylic acids is 1. The van der Waals surface area contributed by atoms with Gasteiger partial charge in [-0.1, -0.05) is 15.9 Å². The molecule has 0 atom stereocenters. The lowest BCUT2D eigenvalue weighted by Gasteiger charge is -2.19. The molecular weight excluding hydrogens is 364 g/mol. The van der Waals surface area contributed by atoms with Gasteiger partial charge in [0, 0.05) is 17.1 Å². The second kappa shape index (κ2) is 5.46. The summed E-state index contributed by atoms with van der Waals surface area (Å²) in [5.41, 5.74) is -4.24. The van der Waals surface area contributed by atoms with Crippen LogP contribution in [0.2, 0.25) is 0 Å². The number of hydrogen-bond donors (Lipinski definition) is 1. The Morgan fingerprint density at radius 2 is 1.85 bits per heavy atom. The summed E-state index contributed by atoms with van der Waals surface area (Å²) in [7, 11) is 0. The van der Waals surface area contributed by atoms with Crippen LogP contribution in [0.5, 0.6) is 5.75 Å². The van der Waals surface area contributed by atoms with Crippen LogP contribution in [-0.2, 0) is 11.5 Å². The average Bonchev–Trinajstić information content (AvgIpc) is 2.24. The molecule has 0 aliphatic heterocycles. The molecule has 0 aromatic carbocycles. The molecule has 0 radical (unpaired) electrons. The number of halogens is 7. The van der Waals surface area contributed by atoms with Crippen LogP contribution >= 0.6 is 15.9 Å². The Morgan fingerprint density at radius 1 is 1.30 bits per heavy atom. The normalized spacial score (nSPS) is 12.3. The van der Waals surface area contributed by atoms with Gasteiger partial charge in [0.1, 0.15) is 11.3 Å². The molecule has 1 aromatic rings. The van der Waals surface area contributed by atoms with E-state index >= 15 is 0 Å². The highest BCUT2D eigenvalue weighted by Gasteiger charge is 2.44. The number of pyridine rings is 1. The van der Waals surface area contributed by atoms with Crippen molar-refractivity contribution in [1.29, 1.82) is 0 Å². The van der Waals surface area contributed by atoms with Crippen molar-refractivity contribution in [2.45, 2.75) is 17.9 Å². The summed E-state index contributed by atoms with van der Waals surface area (Å²) in [5, 5.41) is 8.17. The highest BCUT2D eigenvalue weighted by atomic mass is 79.9. The molecule has 0 fully saturated rings. The third-order valence-corrected chi connectivity index (χ3v) is 2.56. The minimum Gasteiger partial charge on any atom is -0.476 e. The quantitative estimate of drug-likeness (QED) is 0.655. The van der Waals surface area contributed by atoms with Crippen LogP contribution in [0.15, 0.2) is 6.20 Å². The maximum absolute atomic E-state index is 12.8. The van der Waals surface area contributed by atoms with Gasteiger partial charge >= 0.3 is 18.5 Å². The Balaban J connectivity index is 3.65. The summed E-state index contributed by atoms with van der Waals surface area (Å²) in [5.74, 6) is -3.75. The van der Waals surface area contributed by atoms with E-state index in [1.165, 1.54) is 0 Å². The summed E-state index contributed by atoms with van der Waals surface area (Å²) in [6.45, 7) is 0. The van der Waals surface area contributed by atoms with Crippen LogP contribution in [0.3, 0.4) is 0 Å². The lowest BCUT2D eigenvalue weighted by atomic mass is 10.1. The first-order valence-electron chi connectivity index (χ1n) is 4.61. The van der Waals surface area contributed by atoms with E-state index in [9.17, 15) is 31.1 Å². The molecule has 1 N–H and O–H groups in total. The van der Waals surface area contributed by atoms with E-state index in [0.29, 0.717) is 6.20 Å². The maximum atomic E-state index is 12.8. The number of carboxylic acids is 1. The predicted molar refractivity (Wildman–Crippen MR) is 55.5 cm³/mol. The van der Waals surface area contributed by atoms with Crippen molar-refractivity contribution in [3.8, 4) is 5.75 Å². The Hall–Kier alpha value is -1.52. The molecule has 0 unspecified atom stereocenters. The van der Waals surface area contributed by atoms with E-state index < -0.39 is 46.4 Å². The molecule has 0 aliphatic carbocycles. The summed E-state index contributed by atoms with van der Waals surface area (Å²) in [6, 6.07) is 0. The summed E-state index contributed by atoms with van der Waals surface area (Å²) < 4.78 is 78.3. The second-order valence-corrected chi connectivity index (χ2v) is 3.88. The largest absolute Gasteiger partial charge is 0.573 e. The first-order chi connectivity index (χ1) is 8.97. The third-order valence-electron chi connectivity index (χ3n) is 1.95. The molecule has 0 saturated carbocycles. The number of ether oxygens (including phenoxy) is 1. The second-order valence-electron chi connectivity index (χ2n) is 3.32. The van der Waals surface area contributed by atoms with Gasteiger partial charge < -0.3 is 9.84 Å². The summed E-state index contributed by atoms with van der Waals surface area (Å²) in [6.07, 6.45) is -10.2. The van der Waals surface area contributed by atoms with Crippen LogP contribution in [0.4, 0.5) is 26.3 Å². The van der Waals surface area contributed by atoms with E-state index in [0.717, 1.165) is 0 Å². The molecule has 4 nitrogen and oxygen atoms in total. The van der Waals surface area contributed by atoms with Crippen LogP contribution in [0.1, 0.15) is 21.6 Å². The number of hydrogen-bond acceptors (Lipinski definition) is 3. The lowest BCUT2D eigenvalue weighted by Crippen LogP contribution is -2.24. The summed E-state index contributed by atoms with van der Waals surface area (Å²) in [4.78, 5) is 13.7. The zero-order chi connectivity index (χ0) is 15.7. The van der Waals surface area contributed by atoms with Crippen LogP contribution in [-0.4, -0.2) is 22.4 Å². The average molecular weight is 368 g/mol. The fourth-order valence-corrected chi connectivity index (χ4v) is 1.69. The van der Waals surface area contributed by atoms with Crippen molar-refractivity contribution in [3.63, 3.8) is 0 Å². The van der Waals surface area contributed by atoms with E-state index in [2.05, 4.69) is 25.7 Å². The SMILES string of the molecule is O=C(O)c1ncc(CBr)c(OC(F)(F)F)c1C(F)(F)F. The topological polar surface area (TPSA) is 59.4 Å². The van der Waals surface area contributed by atoms with Crippen LogP contribution < -0.4 is 4.74 Å². The molecule has 1 aromatic heterocycles. The molecule has 1 rings (SSSR count). The van der Waals surface area contributed by atoms with Gasteiger partial charge in [0.15, 0.2) is 5.69 Å². The minimum atomic E-state index is -5.41. The van der Waals surface area contributed by atoms with Crippen LogP contribution in [0, 0.1) is 0 Å². The van der Waals surface area contributed by atoms with Gasteiger partial charge in [-0.15, -0.1) is 13.2 Å². The molecule has 11 heteroatoms. The van der Waals surface area contributed by atoms with E-state index in [-0.39, 0.29) is 0 Å². The zero-order valence-corrected chi connectivity index (χ0v) is 10.7. The molecule has 112 valence electrons. The van der Waals surface area contributed by atoms with Crippen molar-refractivity contribution in [2.75, 3.05) is 0 Å². The number of rotatable bonds is 3. The van der Waals surface area contributed by atoms with Gasteiger partial charge in [-0.3, -0.25) is 0 Å². The maximum Gasteiger partial charge on any atom is 0.573 e. The summed E-state index contributed by atoms with van der Waals surface area (Å²) >= 11 is 2.68. The molecule has 0 bridgehead atoms. The fourth-order valence-electron chi connectivity index (χ4n) is 1.29. The number of alkyl halides is 7. The van der Waals surface area contributed by atoms with Crippen molar-refractivity contribution in [2.24, 2.45) is 0 Å². The van der Waals surface area contributed by atoms with Gasteiger partial charge in [0.2, 0.25) is 0 Å². The van der Waals surface area contributed by atoms with Crippen molar-refractivity contribution in [3.05, 3.63) is 23.0 Å². The number of carboxylic acid groups (broad SMARTS) is 1. The Kier molecular flexibility index (Phi) is 4.52. The van der Waals surface area contributed by atoms with Gasteiger partial charge in [0.25, 0.3) is 0 Å². The predicted octanol–water partition coefficient (Wildman–Crippen LogP) is 3.59. The van der Waals surface area contributed by atoms with Crippen molar-refractivity contribution >= 4 is 21.9 Å². The van der Waals surface area contributed by atoms with Gasteiger partial charge in [-0.05, 0) is 0 Å². The van der Waals surface area contributed by atoms with Crippen molar-refractivity contribution in [1.82, 2.24) is 4.98 Å². The molecule has 0 aliphatic rings. The molecule has 0 amide bonds. The Morgan fingerprint density at radius 3 is 2.20 bits per heavy atom. The Labute approximate surface area is 115 Å². The van der Waals surface area contributed by atoms with Gasteiger partial charge in [-0.25, -0.2) is 9.78 Å². The number of aromatic nitrogens is 1. The smallest absolute Gasteiger partial charge is 0.476 e. The molecule has 0 spiro atoms. The first-order valence-corrected chi connectivity index (χ1v) is 5.73.